The molecular weight excluding hydrogens is 320 g/mol. The van der Waals surface area contributed by atoms with Gasteiger partial charge in [0, 0.05) is 29.6 Å². The van der Waals surface area contributed by atoms with Gasteiger partial charge in [0.25, 0.3) is 5.91 Å². The molecule has 5 heteroatoms. The standard InChI is InChI=1S/C19H22N2O2S/c1-3-24-17-9-5-4-8-16(17)19(22)21-12-11-15(13-21)23-18-10-6-7-14(2)20-18/h4-10,15H,3,11-13H2,1-2H3. The number of thioether (sulfide) groups is 1. The van der Waals surface area contributed by atoms with Crippen LogP contribution in [0, 0.1) is 6.92 Å². The van der Waals surface area contributed by atoms with E-state index in [1.807, 2.05) is 54.3 Å². The first kappa shape index (κ1) is 16.8. The van der Waals surface area contributed by atoms with Crippen molar-refractivity contribution >= 4 is 17.7 Å². The number of ether oxygens (including phenoxy) is 1. The summed E-state index contributed by atoms with van der Waals surface area (Å²) >= 11 is 1.71. The predicted octanol–water partition coefficient (Wildman–Crippen LogP) is 3.80. The molecule has 126 valence electrons. The fourth-order valence-electron chi connectivity index (χ4n) is 2.86. The van der Waals surface area contributed by atoms with Gasteiger partial charge in [-0.2, -0.15) is 0 Å². The maximum atomic E-state index is 12.8. The van der Waals surface area contributed by atoms with Gasteiger partial charge in [-0.15, -0.1) is 11.8 Å². The highest BCUT2D eigenvalue weighted by molar-refractivity contribution is 7.99. The molecule has 3 rings (SSSR count). The van der Waals surface area contributed by atoms with Crippen molar-refractivity contribution < 1.29 is 9.53 Å². The van der Waals surface area contributed by atoms with Gasteiger partial charge in [-0.1, -0.05) is 25.1 Å². The molecule has 1 amide bonds. The van der Waals surface area contributed by atoms with E-state index in [2.05, 4.69) is 11.9 Å². The molecule has 1 aromatic carbocycles. The maximum Gasteiger partial charge on any atom is 0.255 e. The van der Waals surface area contributed by atoms with Crippen LogP contribution in [0.3, 0.4) is 0 Å². The number of carbonyl (C=O) groups is 1. The number of carbonyl (C=O) groups excluding carboxylic acids is 1. The van der Waals surface area contributed by atoms with Crippen molar-refractivity contribution in [2.75, 3.05) is 18.8 Å². The third kappa shape index (κ3) is 3.90. The van der Waals surface area contributed by atoms with Gasteiger partial charge in [-0.3, -0.25) is 4.79 Å². The van der Waals surface area contributed by atoms with Crippen molar-refractivity contribution in [2.45, 2.75) is 31.3 Å². The van der Waals surface area contributed by atoms with Crippen LogP contribution in [-0.2, 0) is 0 Å². The highest BCUT2D eigenvalue weighted by atomic mass is 32.2. The van der Waals surface area contributed by atoms with Crippen LogP contribution in [0.25, 0.3) is 0 Å². The molecule has 1 aliphatic rings. The minimum Gasteiger partial charge on any atom is -0.472 e. The Kier molecular flexibility index (Phi) is 5.41. The summed E-state index contributed by atoms with van der Waals surface area (Å²) in [5, 5.41) is 0. The van der Waals surface area contributed by atoms with Crippen LogP contribution < -0.4 is 4.74 Å². The second-order valence-corrected chi connectivity index (χ2v) is 7.13. The van der Waals surface area contributed by atoms with Gasteiger partial charge >= 0.3 is 0 Å². The van der Waals surface area contributed by atoms with Crippen LogP contribution in [0.2, 0.25) is 0 Å². The van der Waals surface area contributed by atoms with E-state index in [0.717, 1.165) is 34.9 Å². The van der Waals surface area contributed by atoms with Gasteiger partial charge in [0.2, 0.25) is 5.88 Å². The maximum absolute atomic E-state index is 12.8. The SMILES string of the molecule is CCSc1ccccc1C(=O)N1CCC(Oc2cccc(C)n2)C1. The average molecular weight is 342 g/mol. The first-order chi connectivity index (χ1) is 11.7. The average Bonchev–Trinajstić information content (AvgIpc) is 3.03. The third-order valence-corrected chi connectivity index (χ3v) is 4.96. The summed E-state index contributed by atoms with van der Waals surface area (Å²) in [6.45, 7) is 5.38. The Morgan fingerprint density at radius 2 is 2.12 bits per heavy atom. The van der Waals surface area contributed by atoms with Gasteiger partial charge < -0.3 is 9.64 Å². The van der Waals surface area contributed by atoms with Crippen LogP contribution in [0.4, 0.5) is 0 Å². The molecule has 2 aromatic rings. The summed E-state index contributed by atoms with van der Waals surface area (Å²) in [7, 11) is 0. The van der Waals surface area contributed by atoms with E-state index in [-0.39, 0.29) is 12.0 Å². The number of pyridine rings is 1. The summed E-state index contributed by atoms with van der Waals surface area (Å²) < 4.78 is 5.94. The lowest BCUT2D eigenvalue weighted by atomic mass is 10.2. The van der Waals surface area contributed by atoms with Crippen LogP contribution in [0.5, 0.6) is 5.88 Å². The highest BCUT2D eigenvalue weighted by Crippen LogP contribution is 2.25. The molecule has 0 radical (unpaired) electrons. The van der Waals surface area contributed by atoms with E-state index in [1.54, 1.807) is 11.8 Å². The smallest absolute Gasteiger partial charge is 0.255 e. The topological polar surface area (TPSA) is 42.4 Å². The Morgan fingerprint density at radius 3 is 2.92 bits per heavy atom. The fourth-order valence-corrected chi connectivity index (χ4v) is 3.65. The Morgan fingerprint density at radius 1 is 1.29 bits per heavy atom. The van der Waals surface area contributed by atoms with Crippen molar-refractivity contribution in [1.82, 2.24) is 9.88 Å². The van der Waals surface area contributed by atoms with Gasteiger partial charge in [0.15, 0.2) is 0 Å². The number of aromatic nitrogens is 1. The van der Waals surface area contributed by atoms with E-state index in [1.165, 1.54) is 0 Å². The Labute approximate surface area is 147 Å². The largest absolute Gasteiger partial charge is 0.472 e. The van der Waals surface area contributed by atoms with Crippen molar-refractivity contribution in [3.05, 3.63) is 53.7 Å². The number of nitrogens with zero attached hydrogens (tertiary/aromatic N) is 2. The molecule has 24 heavy (non-hydrogen) atoms. The molecule has 0 bridgehead atoms. The third-order valence-electron chi connectivity index (χ3n) is 4.00. The monoisotopic (exact) mass is 342 g/mol. The minimum atomic E-state index is 0.00856. The summed E-state index contributed by atoms with van der Waals surface area (Å²) in [6.07, 6.45) is 0.846. The Bertz CT molecular complexity index is 720. The van der Waals surface area contributed by atoms with Crippen LogP contribution in [0.1, 0.15) is 29.4 Å². The molecule has 1 atom stereocenters. The zero-order chi connectivity index (χ0) is 16.9. The number of hydrogen-bond donors (Lipinski definition) is 0. The van der Waals surface area contributed by atoms with E-state index < -0.39 is 0 Å². The number of rotatable bonds is 5. The van der Waals surface area contributed by atoms with Crippen molar-refractivity contribution in [2.24, 2.45) is 0 Å². The molecule has 1 fully saturated rings. The first-order valence-electron chi connectivity index (χ1n) is 8.28. The summed E-state index contributed by atoms with van der Waals surface area (Å²) in [5.41, 5.74) is 1.72. The fraction of sp³-hybridized carbons (Fsp3) is 0.368. The number of amides is 1. The molecule has 0 aliphatic carbocycles. The molecule has 2 heterocycles. The molecular formula is C19H22N2O2S. The molecule has 0 N–H and O–H groups in total. The number of hydrogen-bond acceptors (Lipinski definition) is 4. The summed E-state index contributed by atoms with van der Waals surface area (Å²) in [4.78, 5) is 20.1. The number of aryl methyl sites for hydroxylation is 1. The molecule has 0 saturated carbocycles. The second-order valence-electron chi connectivity index (χ2n) is 5.83. The predicted molar refractivity (Wildman–Crippen MR) is 96.8 cm³/mol. The van der Waals surface area contributed by atoms with Gasteiger partial charge in [-0.25, -0.2) is 4.98 Å². The summed E-state index contributed by atoms with van der Waals surface area (Å²) in [5.74, 6) is 1.68. The molecule has 4 nitrogen and oxygen atoms in total. The lowest BCUT2D eigenvalue weighted by molar-refractivity contribution is 0.0767. The van der Waals surface area contributed by atoms with Crippen LogP contribution >= 0.6 is 11.8 Å². The molecule has 1 aromatic heterocycles. The van der Waals surface area contributed by atoms with Crippen LogP contribution in [0.15, 0.2) is 47.4 Å². The van der Waals surface area contributed by atoms with Gasteiger partial charge in [0.05, 0.1) is 12.1 Å². The van der Waals surface area contributed by atoms with E-state index in [9.17, 15) is 4.79 Å². The molecule has 1 saturated heterocycles. The second kappa shape index (κ2) is 7.71. The lowest BCUT2D eigenvalue weighted by Gasteiger charge is -2.18. The number of likely N-dealkylation sites (tertiary alicyclic amines) is 1. The zero-order valence-electron chi connectivity index (χ0n) is 14.1. The lowest BCUT2D eigenvalue weighted by Crippen LogP contribution is -2.31. The van der Waals surface area contributed by atoms with Gasteiger partial charge in [0.1, 0.15) is 6.10 Å². The van der Waals surface area contributed by atoms with Crippen LogP contribution in [-0.4, -0.2) is 40.7 Å². The van der Waals surface area contributed by atoms with E-state index >= 15 is 0 Å². The minimum absolute atomic E-state index is 0.00856. The molecule has 1 unspecified atom stereocenters. The van der Waals surface area contributed by atoms with E-state index in [4.69, 9.17) is 4.74 Å². The molecule has 0 spiro atoms. The van der Waals surface area contributed by atoms with Crippen molar-refractivity contribution in [1.29, 1.82) is 0 Å². The Balaban J connectivity index is 1.66. The molecule has 1 aliphatic heterocycles. The Hall–Kier alpha value is -2.01. The van der Waals surface area contributed by atoms with Gasteiger partial charge in [-0.05, 0) is 30.9 Å². The van der Waals surface area contributed by atoms with Crippen molar-refractivity contribution in [3.8, 4) is 5.88 Å². The first-order valence-corrected chi connectivity index (χ1v) is 9.27. The highest BCUT2D eigenvalue weighted by Gasteiger charge is 2.29. The van der Waals surface area contributed by atoms with E-state index in [0.29, 0.717) is 12.4 Å². The normalized spacial score (nSPS) is 17.1. The number of benzene rings is 1. The van der Waals surface area contributed by atoms with Crippen molar-refractivity contribution in [3.63, 3.8) is 0 Å². The summed E-state index contributed by atoms with van der Waals surface area (Å²) in [6, 6.07) is 13.6. The quantitative estimate of drug-likeness (QED) is 0.775. The zero-order valence-corrected chi connectivity index (χ0v) is 14.9.